The Morgan fingerprint density at radius 3 is 2.00 bits per heavy atom. The lowest BCUT2D eigenvalue weighted by Crippen LogP contribution is -2.14. The lowest BCUT2D eigenvalue weighted by atomic mass is 9.92. The Morgan fingerprint density at radius 1 is 0.950 bits per heavy atom. The minimum Gasteiger partial charge on any atom is -0.481 e. The second kappa shape index (κ2) is 5.77. The molecule has 0 bridgehead atoms. The first-order valence-electron chi connectivity index (χ1n) is 5.89. The summed E-state index contributed by atoms with van der Waals surface area (Å²) >= 11 is 0. The maximum atomic E-state index is 13.1. The van der Waals surface area contributed by atoms with E-state index in [-0.39, 0.29) is 12.0 Å². The number of carboxylic acids is 1. The Balaban J connectivity index is 2.30. The summed E-state index contributed by atoms with van der Waals surface area (Å²) in [6, 6.07) is 7.89. The highest BCUT2D eigenvalue weighted by Gasteiger charge is 2.21. The predicted molar refractivity (Wildman–Crippen MR) is 66.8 cm³/mol. The van der Waals surface area contributed by atoms with Crippen LogP contribution in [-0.2, 0) is 11.2 Å². The van der Waals surface area contributed by atoms with Crippen LogP contribution in [0.15, 0.2) is 42.5 Å². The maximum absolute atomic E-state index is 13.1. The normalized spacial score (nSPS) is 12.2. The summed E-state index contributed by atoms with van der Waals surface area (Å²) < 4.78 is 39.0. The highest BCUT2D eigenvalue weighted by Crippen LogP contribution is 2.22. The summed E-state index contributed by atoms with van der Waals surface area (Å²) in [6.45, 7) is 0. The van der Waals surface area contributed by atoms with E-state index in [0.29, 0.717) is 5.56 Å². The van der Waals surface area contributed by atoms with E-state index in [1.165, 1.54) is 12.1 Å². The van der Waals surface area contributed by atoms with Crippen LogP contribution in [0.4, 0.5) is 13.2 Å². The molecule has 2 nitrogen and oxygen atoms in total. The molecule has 0 aliphatic heterocycles. The number of hydrogen-bond donors (Lipinski definition) is 1. The van der Waals surface area contributed by atoms with Gasteiger partial charge >= 0.3 is 5.97 Å². The Bertz CT molecular complexity index is 603. The van der Waals surface area contributed by atoms with Crippen LogP contribution in [0.2, 0.25) is 0 Å². The molecular weight excluding hydrogens is 269 g/mol. The van der Waals surface area contributed by atoms with Crippen LogP contribution in [0.1, 0.15) is 17.0 Å². The van der Waals surface area contributed by atoms with E-state index < -0.39 is 29.3 Å². The van der Waals surface area contributed by atoms with E-state index in [1.54, 1.807) is 0 Å². The molecule has 1 N–H and O–H groups in total. The van der Waals surface area contributed by atoms with E-state index in [2.05, 4.69) is 0 Å². The molecule has 2 aromatic rings. The summed E-state index contributed by atoms with van der Waals surface area (Å²) in [4.78, 5) is 11.3. The predicted octanol–water partition coefficient (Wildman–Crippen LogP) is 3.51. The fourth-order valence-corrected chi connectivity index (χ4v) is 2.01. The van der Waals surface area contributed by atoms with Gasteiger partial charge in [-0.3, -0.25) is 4.79 Å². The Morgan fingerprint density at radius 2 is 1.50 bits per heavy atom. The van der Waals surface area contributed by atoms with Crippen LogP contribution < -0.4 is 0 Å². The Hall–Kier alpha value is -2.30. The van der Waals surface area contributed by atoms with Crippen molar-refractivity contribution in [2.75, 3.05) is 0 Å². The number of hydrogen-bond acceptors (Lipinski definition) is 1. The van der Waals surface area contributed by atoms with Gasteiger partial charge < -0.3 is 5.11 Å². The van der Waals surface area contributed by atoms with Crippen molar-refractivity contribution in [1.82, 2.24) is 0 Å². The lowest BCUT2D eigenvalue weighted by Gasteiger charge is -2.13. The second-order valence-corrected chi connectivity index (χ2v) is 4.42. The first-order chi connectivity index (χ1) is 9.45. The summed E-state index contributed by atoms with van der Waals surface area (Å²) in [5.74, 6) is -4.13. The lowest BCUT2D eigenvalue weighted by molar-refractivity contribution is -0.138. The first-order valence-corrected chi connectivity index (χ1v) is 5.89. The molecule has 0 aliphatic rings. The van der Waals surface area contributed by atoms with E-state index in [9.17, 15) is 23.1 Å². The summed E-state index contributed by atoms with van der Waals surface area (Å²) in [5.41, 5.74) is 0.614. The van der Waals surface area contributed by atoms with Gasteiger partial charge in [0.05, 0.1) is 5.92 Å². The van der Waals surface area contributed by atoms with Gasteiger partial charge in [0.15, 0.2) is 0 Å². The highest BCUT2D eigenvalue weighted by molar-refractivity contribution is 5.76. The Labute approximate surface area is 113 Å². The Kier molecular flexibility index (Phi) is 4.08. The van der Waals surface area contributed by atoms with E-state index in [0.717, 1.165) is 30.3 Å². The van der Waals surface area contributed by atoms with Crippen molar-refractivity contribution in [3.63, 3.8) is 0 Å². The molecule has 20 heavy (non-hydrogen) atoms. The van der Waals surface area contributed by atoms with E-state index in [4.69, 9.17) is 0 Å². The van der Waals surface area contributed by atoms with E-state index >= 15 is 0 Å². The van der Waals surface area contributed by atoms with Gasteiger partial charge in [-0.25, -0.2) is 13.2 Å². The van der Waals surface area contributed by atoms with Crippen molar-refractivity contribution in [3.8, 4) is 0 Å². The molecule has 0 amide bonds. The van der Waals surface area contributed by atoms with Crippen molar-refractivity contribution in [2.24, 2.45) is 0 Å². The van der Waals surface area contributed by atoms with Crippen LogP contribution in [0.3, 0.4) is 0 Å². The van der Waals surface area contributed by atoms with Gasteiger partial charge in [-0.2, -0.15) is 0 Å². The van der Waals surface area contributed by atoms with Gasteiger partial charge in [0.1, 0.15) is 17.5 Å². The fourth-order valence-electron chi connectivity index (χ4n) is 2.01. The number of halogens is 3. The fraction of sp³-hybridized carbons (Fsp3) is 0.133. The molecule has 2 aromatic carbocycles. The molecule has 0 heterocycles. The molecule has 104 valence electrons. The quantitative estimate of drug-likeness (QED) is 0.930. The zero-order chi connectivity index (χ0) is 14.7. The van der Waals surface area contributed by atoms with Gasteiger partial charge in [0, 0.05) is 6.07 Å². The smallest absolute Gasteiger partial charge is 0.311 e. The molecule has 5 heteroatoms. The van der Waals surface area contributed by atoms with Gasteiger partial charge in [0.2, 0.25) is 0 Å². The van der Waals surface area contributed by atoms with E-state index in [1.807, 2.05) is 0 Å². The van der Waals surface area contributed by atoms with Crippen molar-refractivity contribution >= 4 is 5.97 Å². The largest absolute Gasteiger partial charge is 0.481 e. The van der Waals surface area contributed by atoms with Gasteiger partial charge in [-0.1, -0.05) is 12.1 Å². The maximum Gasteiger partial charge on any atom is 0.311 e. The standard InChI is InChI=1S/C15H11F3O2/c16-11-3-1-10(2-4-11)14(15(19)20)7-9-5-12(17)8-13(18)6-9/h1-6,8,14H,7H2,(H,19,20). The summed E-state index contributed by atoms with van der Waals surface area (Å²) in [6.07, 6.45) is -0.0738. The molecule has 0 spiro atoms. The van der Waals surface area contributed by atoms with Crippen molar-refractivity contribution in [1.29, 1.82) is 0 Å². The van der Waals surface area contributed by atoms with Crippen LogP contribution in [0.25, 0.3) is 0 Å². The number of rotatable bonds is 4. The third-order valence-electron chi connectivity index (χ3n) is 2.93. The van der Waals surface area contributed by atoms with Crippen LogP contribution in [-0.4, -0.2) is 11.1 Å². The minimum absolute atomic E-state index is 0.0738. The zero-order valence-electron chi connectivity index (χ0n) is 10.3. The van der Waals surface area contributed by atoms with Gasteiger partial charge in [0.25, 0.3) is 0 Å². The molecule has 0 saturated heterocycles. The van der Waals surface area contributed by atoms with Gasteiger partial charge in [-0.15, -0.1) is 0 Å². The molecule has 0 aliphatic carbocycles. The molecule has 2 rings (SSSR count). The third kappa shape index (κ3) is 3.38. The molecule has 1 atom stereocenters. The SMILES string of the molecule is O=C(O)C(Cc1cc(F)cc(F)c1)c1ccc(F)cc1. The topological polar surface area (TPSA) is 37.3 Å². The zero-order valence-corrected chi connectivity index (χ0v) is 10.3. The molecular formula is C15H11F3O2. The first kappa shape index (κ1) is 14.1. The number of aliphatic carboxylic acids is 1. The molecule has 0 aromatic heterocycles. The van der Waals surface area contributed by atoms with Crippen LogP contribution >= 0.6 is 0 Å². The average Bonchev–Trinajstić information content (AvgIpc) is 2.36. The van der Waals surface area contributed by atoms with Gasteiger partial charge in [-0.05, 0) is 41.8 Å². The molecule has 0 fully saturated rings. The molecule has 0 radical (unpaired) electrons. The van der Waals surface area contributed by atoms with Crippen LogP contribution in [0, 0.1) is 17.5 Å². The minimum atomic E-state index is -1.14. The van der Waals surface area contributed by atoms with Crippen molar-refractivity contribution in [2.45, 2.75) is 12.3 Å². The van der Waals surface area contributed by atoms with Crippen molar-refractivity contribution in [3.05, 3.63) is 71.0 Å². The average molecular weight is 280 g/mol. The highest BCUT2D eigenvalue weighted by atomic mass is 19.1. The number of carbonyl (C=O) groups is 1. The molecule has 1 unspecified atom stereocenters. The number of carboxylic acid groups (broad SMARTS) is 1. The summed E-state index contributed by atoms with van der Waals surface area (Å²) in [5, 5.41) is 9.21. The second-order valence-electron chi connectivity index (χ2n) is 4.42. The monoisotopic (exact) mass is 280 g/mol. The molecule has 0 saturated carbocycles. The summed E-state index contributed by atoms with van der Waals surface area (Å²) in [7, 11) is 0. The van der Waals surface area contributed by atoms with Crippen LogP contribution in [0.5, 0.6) is 0 Å². The number of benzene rings is 2. The third-order valence-corrected chi connectivity index (χ3v) is 2.93. The van der Waals surface area contributed by atoms with Crippen molar-refractivity contribution < 1.29 is 23.1 Å².